The predicted molar refractivity (Wildman–Crippen MR) is 310 cm³/mol. The monoisotopic (exact) mass is 1130 g/mol. The average molecular weight is 1130 g/mol. The van der Waals surface area contributed by atoms with Gasteiger partial charge in [0.05, 0.1) is 36.2 Å². The summed E-state index contributed by atoms with van der Waals surface area (Å²) >= 11 is 12.7. The van der Waals surface area contributed by atoms with Gasteiger partial charge in [-0.15, -0.1) is 5.10 Å². The van der Waals surface area contributed by atoms with E-state index in [0.29, 0.717) is 32.2 Å². The van der Waals surface area contributed by atoms with Crippen molar-refractivity contribution in [1.82, 2.24) is 40.1 Å². The number of thiocarbonyl (C=S) groups is 2. The van der Waals surface area contributed by atoms with E-state index < -0.39 is 12.5 Å². The molecule has 4 aliphatic heterocycles. The third-order valence-corrected chi connectivity index (χ3v) is 14.3. The third kappa shape index (κ3) is 18.3. The van der Waals surface area contributed by atoms with Gasteiger partial charge in [0.25, 0.3) is 11.8 Å². The molecule has 4 fully saturated rings. The van der Waals surface area contributed by atoms with Crippen molar-refractivity contribution in [2.75, 3.05) is 99.0 Å². The molecule has 4 N–H and O–H groups in total. The first-order chi connectivity index (χ1) is 38.0. The molecule has 19 nitrogen and oxygen atoms in total. The lowest BCUT2D eigenvalue weighted by molar-refractivity contribution is -0.140. The Bertz CT molecular complexity index is 3010. The number of para-hydroxylation sites is 3. The smallest absolute Gasteiger partial charge is 0.323 e. The van der Waals surface area contributed by atoms with Crippen LogP contribution in [0.1, 0.15) is 11.1 Å². The molecule has 3 amide bonds. The first-order valence-corrected chi connectivity index (χ1v) is 27.2. The van der Waals surface area contributed by atoms with Gasteiger partial charge < -0.3 is 39.9 Å². The molecule has 0 bridgehead atoms. The van der Waals surface area contributed by atoms with Crippen LogP contribution >= 0.6 is 48.0 Å². The Morgan fingerprint density at radius 3 is 1.58 bits per heavy atom. The summed E-state index contributed by atoms with van der Waals surface area (Å²) in [6, 6.07) is 41.3. The van der Waals surface area contributed by atoms with E-state index in [1.54, 1.807) is 31.4 Å². The molecule has 4 saturated heterocycles. The number of carboxylic acids is 1. The van der Waals surface area contributed by atoms with Crippen LogP contribution in [0.4, 0.5) is 0 Å². The van der Waals surface area contributed by atoms with Crippen LogP contribution in [0.25, 0.3) is 23.2 Å². The summed E-state index contributed by atoms with van der Waals surface area (Å²) < 4.78 is 22.6. The maximum atomic E-state index is 12.8. The van der Waals surface area contributed by atoms with Gasteiger partial charge in [0, 0.05) is 52.4 Å². The Labute approximate surface area is 471 Å². The summed E-state index contributed by atoms with van der Waals surface area (Å²) in [5, 5.41) is 19.3. The van der Waals surface area contributed by atoms with Crippen molar-refractivity contribution in [3.05, 3.63) is 154 Å². The number of benzene rings is 5. The average Bonchev–Trinajstić information content (AvgIpc) is 4.10. The van der Waals surface area contributed by atoms with Crippen molar-refractivity contribution in [1.29, 1.82) is 0 Å². The van der Waals surface area contributed by atoms with Crippen molar-refractivity contribution in [2.24, 2.45) is 5.73 Å². The number of nitrogens with one attached hydrogen (secondary N) is 1. The molecule has 6 aromatic rings. The van der Waals surface area contributed by atoms with Gasteiger partial charge in [0.15, 0.2) is 0 Å². The van der Waals surface area contributed by atoms with Crippen LogP contribution in [0.3, 0.4) is 0 Å². The van der Waals surface area contributed by atoms with E-state index in [4.69, 9.17) is 59.1 Å². The van der Waals surface area contributed by atoms with Crippen LogP contribution in [0, 0.1) is 0 Å². The van der Waals surface area contributed by atoms with Gasteiger partial charge in [-0.2, -0.15) is 0 Å². The van der Waals surface area contributed by atoms with E-state index in [1.165, 1.54) is 21.5 Å². The summed E-state index contributed by atoms with van der Waals surface area (Å²) in [6.07, 6.45) is 3.47. The number of ether oxygens (including phenoxy) is 4. The molecule has 5 heterocycles. The number of hydrogen-bond acceptors (Lipinski definition) is 18. The lowest BCUT2D eigenvalue weighted by Crippen LogP contribution is -2.44. The number of amides is 3. The zero-order chi connectivity index (χ0) is 55.1. The molecule has 0 aliphatic carbocycles. The van der Waals surface area contributed by atoms with E-state index in [1.807, 2.05) is 121 Å². The fourth-order valence-electron chi connectivity index (χ4n) is 7.59. The number of aromatic nitrogens is 3. The van der Waals surface area contributed by atoms with Gasteiger partial charge in [-0.05, 0) is 89.2 Å². The number of nitrogens with zero attached hydrogens (tertiary/aromatic N) is 7. The Morgan fingerprint density at radius 2 is 1.10 bits per heavy atom. The van der Waals surface area contributed by atoms with Crippen LogP contribution in [0.5, 0.6) is 23.0 Å². The molecule has 78 heavy (non-hydrogen) atoms. The highest BCUT2D eigenvalue weighted by Crippen LogP contribution is 2.34. The third-order valence-electron chi connectivity index (χ3n) is 11.6. The molecule has 10 rings (SSSR count). The number of aliphatic carboxylic acids is 1. The van der Waals surface area contributed by atoms with Crippen LogP contribution < -0.4 is 25.4 Å². The SMILES string of the molecule is COn1nnc2ccccc21.NCCN1CCOCC1.O=C(CN1C(=O)/C(=C/c2ccc(Oc3ccccc3)cc2)SC1=S)NCCN1CCOCC1.O=C(O)CN1C(=O)/C(=C/c2ccc(Oc3ccccc3)cc2)SC1=S. The number of morpholine rings is 2. The Balaban J connectivity index is 0.000000170. The first kappa shape index (κ1) is 58.6. The predicted octanol–water partition coefficient (Wildman–Crippen LogP) is 6.66. The fraction of sp³-hybridized carbons (Fsp3) is 0.273. The molecule has 0 spiro atoms. The van der Waals surface area contributed by atoms with Crippen molar-refractivity contribution in [2.45, 2.75) is 0 Å². The maximum absolute atomic E-state index is 12.8. The molecule has 1 aromatic heterocycles. The molecule has 0 radical (unpaired) electrons. The van der Waals surface area contributed by atoms with Gasteiger partial charge in [-0.1, -0.05) is 126 Å². The number of rotatable bonds is 16. The molecule has 0 saturated carbocycles. The van der Waals surface area contributed by atoms with Crippen LogP contribution in [0.2, 0.25) is 0 Å². The second-order valence-corrected chi connectivity index (χ2v) is 20.4. The largest absolute Gasteiger partial charge is 0.480 e. The zero-order valence-corrected chi connectivity index (χ0v) is 46.0. The minimum Gasteiger partial charge on any atom is -0.480 e. The number of carbonyl (C=O) groups is 4. The second-order valence-electron chi connectivity index (χ2n) is 17.1. The Kier molecular flexibility index (Phi) is 23.1. The highest BCUT2D eigenvalue weighted by atomic mass is 32.2. The van der Waals surface area contributed by atoms with Crippen LogP contribution in [-0.4, -0.2) is 171 Å². The number of nitrogens with two attached hydrogens (primary N) is 1. The van der Waals surface area contributed by atoms with E-state index >= 15 is 0 Å². The molecule has 23 heteroatoms. The molecule has 0 unspecified atom stereocenters. The summed E-state index contributed by atoms with van der Waals surface area (Å²) in [5.74, 6) is 0.934. The molecular formula is C55H59N9O10S4. The van der Waals surface area contributed by atoms with Gasteiger partial charge in [0.2, 0.25) is 5.91 Å². The Hall–Kier alpha value is -7.06. The van der Waals surface area contributed by atoms with E-state index in [2.05, 4.69) is 25.4 Å². The van der Waals surface area contributed by atoms with Gasteiger partial charge in [-0.25, -0.2) is 0 Å². The van der Waals surface area contributed by atoms with Crippen LogP contribution in [0.15, 0.2) is 143 Å². The quantitative estimate of drug-likeness (QED) is 0.0682. The lowest BCUT2D eigenvalue weighted by atomic mass is 10.2. The molecule has 5 aromatic carbocycles. The van der Waals surface area contributed by atoms with E-state index in [9.17, 15) is 19.2 Å². The number of carboxylic acid groups (broad SMARTS) is 1. The summed E-state index contributed by atoms with van der Waals surface area (Å²) in [7, 11) is 1.56. The topological polar surface area (TPSA) is 216 Å². The lowest BCUT2D eigenvalue weighted by Gasteiger charge is -2.26. The highest BCUT2D eigenvalue weighted by Gasteiger charge is 2.34. The van der Waals surface area contributed by atoms with Gasteiger partial charge in [0.1, 0.15) is 62.9 Å². The number of carbonyl (C=O) groups excluding carboxylic acids is 3. The zero-order valence-electron chi connectivity index (χ0n) is 42.7. The number of thioether (sulfide) groups is 2. The normalized spacial score (nSPS) is 16.7. The maximum Gasteiger partial charge on any atom is 0.323 e. The summed E-state index contributed by atoms with van der Waals surface area (Å²) in [5.41, 5.74) is 8.76. The Morgan fingerprint density at radius 1 is 0.654 bits per heavy atom. The van der Waals surface area contributed by atoms with Crippen molar-refractivity contribution >= 4 is 103 Å². The highest BCUT2D eigenvalue weighted by molar-refractivity contribution is 8.27. The molecule has 0 atom stereocenters. The van der Waals surface area contributed by atoms with E-state index in [0.717, 1.165) is 123 Å². The second kappa shape index (κ2) is 30.8. The first-order valence-electron chi connectivity index (χ1n) is 24.8. The fourth-order valence-corrected chi connectivity index (χ4v) is 10.1. The molecular weight excluding hydrogens is 1070 g/mol. The van der Waals surface area contributed by atoms with Gasteiger partial charge in [-0.3, -0.25) is 38.8 Å². The number of fused-ring (bicyclic) bond motifs is 1. The number of hydrogen-bond donors (Lipinski definition) is 3. The van der Waals surface area contributed by atoms with Crippen LogP contribution in [-0.2, 0) is 28.7 Å². The minimum atomic E-state index is -1.10. The molecule has 408 valence electrons. The minimum absolute atomic E-state index is 0.0744. The summed E-state index contributed by atoms with van der Waals surface area (Å²) in [4.78, 5) is 62.4. The van der Waals surface area contributed by atoms with Crippen molar-refractivity contribution in [3.8, 4) is 23.0 Å². The summed E-state index contributed by atoms with van der Waals surface area (Å²) in [6.45, 7) is 9.61. The van der Waals surface area contributed by atoms with Crippen molar-refractivity contribution < 1.29 is 48.1 Å². The molecule has 4 aliphatic rings. The standard InChI is InChI=1S/C24H25N3O4S2.C18H13NO4S2.C7H7N3O.C6H14N2O/c28-22(25-10-11-26-12-14-30-15-13-26)17-27-23(29)21(33-24(27)32)16-18-6-8-20(9-7-18)31-19-4-2-1-3-5-19;20-16(21)11-19-17(22)15(25-18(19)24)10-12-6-8-14(9-7-12)23-13-4-2-1-3-5-13;1-11-10-7-5-3-2-4-6(7)8-9-10;7-1-2-8-3-5-9-6-4-8/h1-9,16H,10-15,17H2,(H,25,28);1-10H,11H2,(H,20,21);2-5H,1H3;1-7H2/b21-16-;15-10-;;. The van der Waals surface area contributed by atoms with Gasteiger partial charge >= 0.3 is 5.97 Å². The van der Waals surface area contributed by atoms with E-state index in [-0.39, 0.29) is 28.6 Å². The van der Waals surface area contributed by atoms with Crippen molar-refractivity contribution in [3.63, 3.8) is 0 Å².